The fourth-order valence-corrected chi connectivity index (χ4v) is 1.57. The summed E-state index contributed by atoms with van der Waals surface area (Å²) in [5.74, 6) is -0.468. The minimum absolute atomic E-state index is 0.236. The summed E-state index contributed by atoms with van der Waals surface area (Å²) in [5.41, 5.74) is 0.494. The second kappa shape index (κ2) is 3.22. The van der Waals surface area contributed by atoms with Gasteiger partial charge < -0.3 is 10.4 Å². The van der Waals surface area contributed by atoms with Crippen LogP contribution in [0.5, 0.6) is 0 Å². The first-order valence-electron chi connectivity index (χ1n) is 4.95. The number of nitrogens with zero attached hydrogens (tertiary/aromatic N) is 1. The van der Waals surface area contributed by atoms with Crippen molar-refractivity contribution in [3.63, 3.8) is 0 Å². The van der Waals surface area contributed by atoms with Crippen molar-refractivity contribution < 1.29 is 9.90 Å². The normalized spacial score (nSPS) is 22.1. The third kappa shape index (κ3) is 1.93. The third-order valence-electron chi connectivity index (χ3n) is 2.86. The molecule has 1 unspecified atom stereocenters. The van der Waals surface area contributed by atoms with Gasteiger partial charge in [-0.3, -0.25) is 0 Å². The van der Waals surface area contributed by atoms with E-state index in [2.05, 4.69) is 24.1 Å². The Morgan fingerprint density at radius 2 is 2.33 bits per heavy atom. The molecular weight excluding hydrogens is 192 g/mol. The Kier molecular flexibility index (Phi) is 2.14. The molecule has 1 heterocycles. The van der Waals surface area contributed by atoms with Crippen LogP contribution in [0.3, 0.4) is 0 Å². The quantitative estimate of drug-likeness (QED) is 0.793. The fourth-order valence-electron chi connectivity index (χ4n) is 1.57. The zero-order valence-electron chi connectivity index (χ0n) is 8.82. The van der Waals surface area contributed by atoms with Gasteiger partial charge in [-0.15, -0.1) is 0 Å². The van der Waals surface area contributed by atoms with E-state index >= 15 is 0 Å². The molecule has 1 aliphatic carbocycles. The molecule has 1 saturated carbocycles. The minimum Gasteiger partial charge on any atom is -0.478 e. The molecule has 4 heteroatoms. The Morgan fingerprint density at radius 1 is 1.67 bits per heavy atom. The van der Waals surface area contributed by atoms with Gasteiger partial charge in [0.05, 0.1) is 0 Å². The molecule has 15 heavy (non-hydrogen) atoms. The fraction of sp³-hybridized carbons (Fsp3) is 0.455. The van der Waals surface area contributed by atoms with Gasteiger partial charge in [0, 0.05) is 12.2 Å². The Balaban J connectivity index is 2.18. The summed E-state index contributed by atoms with van der Waals surface area (Å²) in [4.78, 5) is 15.0. The molecule has 1 aromatic heterocycles. The van der Waals surface area contributed by atoms with Crippen LogP contribution in [-0.2, 0) is 0 Å². The van der Waals surface area contributed by atoms with Crippen LogP contribution in [0.4, 0.5) is 5.82 Å². The summed E-state index contributed by atoms with van der Waals surface area (Å²) in [5, 5.41) is 12.1. The van der Waals surface area contributed by atoms with Gasteiger partial charge >= 0.3 is 5.97 Å². The molecule has 0 bridgehead atoms. The topological polar surface area (TPSA) is 62.2 Å². The Labute approximate surface area is 88.3 Å². The number of aromatic nitrogens is 1. The maximum absolute atomic E-state index is 10.9. The summed E-state index contributed by atoms with van der Waals surface area (Å²) in [7, 11) is 0. The molecule has 1 fully saturated rings. The SMILES string of the molecule is CC1(C)CC1Nc1ncccc1C(=O)O. The molecule has 0 saturated heterocycles. The van der Waals surface area contributed by atoms with E-state index in [1.54, 1.807) is 18.3 Å². The van der Waals surface area contributed by atoms with Crippen LogP contribution in [0.1, 0.15) is 30.6 Å². The monoisotopic (exact) mass is 206 g/mol. The summed E-state index contributed by atoms with van der Waals surface area (Å²) < 4.78 is 0. The van der Waals surface area contributed by atoms with Crippen molar-refractivity contribution in [1.29, 1.82) is 0 Å². The average Bonchev–Trinajstić information content (AvgIpc) is 2.74. The van der Waals surface area contributed by atoms with Crippen molar-refractivity contribution >= 4 is 11.8 Å². The number of anilines is 1. The van der Waals surface area contributed by atoms with E-state index in [9.17, 15) is 4.79 Å². The zero-order chi connectivity index (χ0) is 11.1. The van der Waals surface area contributed by atoms with Gasteiger partial charge in [0.2, 0.25) is 0 Å². The number of carboxylic acid groups (broad SMARTS) is 1. The summed E-state index contributed by atoms with van der Waals surface area (Å²) >= 11 is 0. The second-order valence-corrected chi connectivity index (χ2v) is 4.59. The number of carbonyl (C=O) groups is 1. The van der Waals surface area contributed by atoms with Gasteiger partial charge in [0.25, 0.3) is 0 Å². The first-order chi connectivity index (χ1) is 7.00. The van der Waals surface area contributed by atoms with Gasteiger partial charge in [-0.1, -0.05) is 13.8 Å². The maximum atomic E-state index is 10.9. The summed E-state index contributed by atoms with van der Waals surface area (Å²) in [6, 6.07) is 3.53. The van der Waals surface area contributed by atoms with Gasteiger partial charge in [-0.05, 0) is 24.0 Å². The van der Waals surface area contributed by atoms with Crippen LogP contribution in [0.15, 0.2) is 18.3 Å². The number of hydrogen-bond acceptors (Lipinski definition) is 3. The molecule has 2 N–H and O–H groups in total. The minimum atomic E-state index is -0.941. The summed E-state index contributed by atoms with van der Waals surface area (Å²) in [6.45, 7) is 4.29. The average molecular weight is 206 g/mol. The van der Waals surface area contributed by atoms with Crippen molar-refractivity contribution in [1.82, 2.24) is 4.98 Å². The van der Waals surface area contributed by atoms with Crippen LogP contribution in [0.25, 0.3) is 0 Å². The number of pyridine rings is 1. The number of hydrogen-bond donors (Lipinski definition) is 2. The molecule has 0 aliphatic heterocycles. The first kappa shape index (κ1) is 9.96. The molecule has 0 radical (unpaired) electrons. The third-order valence-corrected chi connectivity index (χ3v) is 2.86. The zero-order valence-corrected chi connectivity index (χ0v) is 8.82. The van der Waals surface area contributed by atoms with Gasteiger partial charge in [0.15, 0.2) is 0 Å². The van der Waals surface area contributed by atoms with E-state index in [-0.39, 0.29) is 11.0 Å². The number of aromatic carboxylic acids is 1. The van der Waals surface area contributed by atoms with Gasteiger partial charge in [0.1, 0.15) is 11.4 Å². The van der Waals surface area contributed by atoms with Crippen LogP contribution in [-0.4, -0.2) is 22.1 Å². The van der Waals surface area contributed by atoms with Gasteiger partial charge in [-0.2, -0.15) is 0 Å². The van der Waals surface area contributed by atoms with Crippen LogP contribution >= 0.6 is 0 Å². The molecule has 0 amide bonds. The van der Waals surface area contributed by atoms with Crippen molar-refractivity contribution in [3.05, 3.63) is 23.9 Å². The van der Waals surface area contributed by atoms with E-state index in [0.717, 1.165) is 6.42 Å². The Hall–Kier alpha value is -1.58. The van der Waals surface area contributed by atoms with Crippen molar-refractivity contribution in [2.45, 2.75) is 26.3 Å². The highest BCUT2D eigenvalue weighted by Crippen LogP contribution is 2.46. The lowest BCUT2D eigenvalue weighted by molar-refractivity contribution is 0.0697. The smallest absolute Gasteiger partial charge is 0.339 e. The predicted molar refractivity (Wildman–Crippen MR) is 57.0 cm³/mol. The highest BCUT2D eigenvalue weighted by atomic mass is 16.4. The molecule has 1 aliphatic rings. The first-order valence-corrected chi connectivity index (χ1v) is 4.95. The largest absolute Gasteiger partial charge is 0.478 e. The van der Waals surface area contributed by atoms with E-state index in [4.69, 9.17) is 5.11 Å². The molecule has 0 aromatic carbocycles. The highest BCUT2D eigenvalue weighted by Gasteiger charge is 2.46. The van der Waals surface area contributed by atoms with Crippen molar-refractivity contribution in [3.8, 4) is 0 Å². The number of carboxylic acids is 1. The molecule has 80 valence electrons. The molecule has 2 rings (SSSR count). The van der Waals surface area contributed by atoms with E-state index in [1.807, 2.05) is 0 Å². The number of nitrogens with one attached hydrogen (secondary N) is 1. The van der Waals surface area contributed by atoms with Crippen LogP contribution < -0.4 is 5.32 Å². The maximum Gasteiger partial charge on any atom is 0.339 e. The number of rotatable bonds is 3. The van der Waals surface area contributed by atoms with Gasteiger partial charge in [-0.25, -0.2) is 9.78 Å². The lowest BCUT2D eigenvalue weighted by atomic mass is 10.2. The highest BCUT2D eigenvalue weighted by molar-refractivity contribution is 5.93. The van der Waals surface area contributed by atoms with Crippen molar-refractivity contribution in [2.75, 3.05) is 5.32 Å². The van der Waals surface area contributed by atoms with Crippen LogP contribution in [0, 0.1) is 5.41 Å². The molecule has 1 atom stereocenters. The lowest BCUT2D eigenvalue weighted by Crippen LogP contribution is -2.13. The molecular formula is C11H14N2O2. The standard InChI is InChI=1S/C11H14N2O2/c1-11(2)6-8(11)13-9-7(10(14)15)4-3-5-12-9/h3-5,8H,6H2,1-2H3,(H,12,13)(H,14,15). The lowest BCUT2D eigenvalue weighted by Gasteiger charge is -2.09. The molecule has 4 nitrogen and oxygen atoms in total. The second-order valence-electron chi connectivity index (χ2n) is 4.59. The van der Waals surface area contributed by atoms with E-state index < -0.39 is 5.97 Å². The van der Waals surface area contributed by atoms with E-state index in [1.165, 1.54) is 0 Å². The Morgan fingerprint density at radius 3 is 2.87 bits per heavy atom. The van der Waals surface area contributed by atoms with Crippen LogP contribution in [0.2, 0.25) is 0 Å². The molecule has 1 aromatic rings. The molecule has 0 spiro atoms. The summed E-state index contributed by atoms with van der Waals surface area (Å²) in [6.07, 6.45) is 2.66. The van der Waals surface area contributed by atoms with E-state index in [0.29, 0.717) is 11.9 Å². The predicted octanol–water partition coefficient (Wildman–Crippen LogP) is 1.99. The Bertz CT molecular complexity index is 401. The van der Waals surface area contributed by atoms with Crippen molar-refractivity contribution in [2.24, 2.45) is 5.41 Å².